The van der Waals surface area contributed by atoms with E-state index in [1.54, 1.807) is 30.3 Å². The lowest BCUT2D eigenvalue weighted by Crippen LogP contribution is -2.51. The van der Waals surface area contributed by atoms with Crippen molar-refractivity contribution in [2.75, 3.05) is 13.7 Å². The fourth-order valence-electron chi connectivity index (χ4n) is 3.81. The van der Waals surface area contributed by atoms with E-state index in [9.17, 15) is 9.59 Å². The van der Waals surface area contributed by atoms with Gasteiger partial charge in [-0.3, -0.25) is 19.3 Å². The second-order valence-corrected chi connectivity index (χ2v) is 7.47. The second-order valence-electron chi connectivity index (χ2n) is 7.47. The summed E-state index contributed by atoms with van der Waals surface area (Å²) in [7, 11) is 1.65. The normalized spacial score (nSPS) is 21.5. The summed E-state index contributed by atoms with van der Waals surface area (Å²) < 4.78 is 7.11. The van der Waals surface area contributed by atoms with E-state index >= 15 is 0 Å². The van der Waals surface area contributed by atoms with Gasteiger partial charge in [-0.1, -0.05) is 6.07 Å². The van der Waals surface area contributed by atoms with Crippen LogP contribution in [0.15, 0.2) is 36.7 Å². The average Bonchev–Trinajstić information content (AvgIpc) is 3.20. The van der Waals surface area contributed by atoms with Crippen LogP contribution in [0.4, 0.5) is 0 Å². The number of nitrogens with one attached hydrogen (secondary N) is 2. The molecule has 1 aliphatic rings. The Morgan fingerprint density at radius 1 is 1.28 bits per heavy atom. The largest absolute Gasteiger partial charge is 0.379 e. The fourth-order valence-corrected chi connectivity index (χ4v) is 3.81. The predicted molar refractivity (Wildman–Crippen MR) is 108 cm³/mol. The highest BCUT2D eigenvalue weighted by Gasteiger charge is 2.34. The van der Waals surface area contributed by atoms with Gasteiger partial charge in [-0.05, 0) is 44.4 Å². The molecule has 0 aliphatic heterocycles. The molecular weight excluding hydrogens is 370 g/mol. The smallest absolute Gasteiger partial charge is 0.242 e. The van der Waals surface area contributed by atoms with Crippen LogP contribution in [0.3, 0.4) is 0 Å². The quantitative estimate of drug-likeness (QED) is 0.696. The predicted octanol–water partition coefficient (Wildman–Crippen LogP) is 1.25. The number of amides is 2. The maximum absolute atomic E-state index is 12.6. The molecule has 8 heteroatoms. The number of rotatable bonds is 8. The summed E-state index contributed by atoms with van der Waals surface area (Å²) in [6.07, 6.45) is 6.05. The van der Waals surface area contributed by atoms with Gasteiger partial charge in [0.1, 0.15) is 6.54 Å². The number of ether oxygens (including phenoxy) is 1. The van der Waals surface area contributed by atoms with Crippen LogP contribution in [-0.2, 0) is 27.3 Å². The van der Waals surface area contributed by atoms with Crippen molar-refractivity contribution in [1.29, 1.82) is 0 Å². The summed E-state index contributed by atoms with van der Waals surface area (Å²) in [6.45, 7) is 2.66. The molecule has 1 aliphatic carbocycles. The lowest BCUT2D eigenvalue weighted by atomic mass is 9.83. The van der Waals surface area contributed by atoms with E-state index < -0.39 is 0 Å². The number of aryl methyl sites for hydroxylation is 1. The molecule has 0 spiro atoms. The van der Waals surface area contributed by atoms with Crippen LogP contribution >= 0.6 is 0 Å². The van der Waals surface area contributed by atoms with Gasteiger partial charge in [-0.25, -0.2) is 0 Å². The zero-order chi connectivity index (χ0) is 20.6. The summed E-state index contributed by atoms with van der Waals surface area (Å²) in [4.78, 5) is 29.4. The zero-order valence-electron chi connectivity index (χ0n) is 17.0. The van der Waals surface area contributed by atoms with Crippen LogP contribution < -0.4 is 10.6 Å². The Labute approximate surface area is 171 Å². The van der Waals surface area contributed by atoms with Gasteiger partial charge in [0, 0.05) is 49.8 Å². The number of methoxy groups -OCH3 is 1. The first-order chi connectivity index (χ1) is 14.0. The number of hydrogen-bond donors (Lipinski definition) is 2. The van der Waals surface area contributed by atoms with Crippen LogP contribution in [0.25, 0.3) is 0 Å². The lowest BCUT2D eigenvalue weighted by Gasteiger charge is -2.35. The lowest BCUT2D eigenvalue weighted by molar-refractivity contribution is -0.130. The van der Waals surface area contributed by atoms with Gasteiger partial charge in [0.25, 0.3) is 0 Å². The molecular formula is C21H29N5O3. The van der Waals surface area contributed by atoms with Gasteiger partial charge in [-0.2, -0.15) is 5.10 Å². The monoisotopic (exact) mass is 399 g/mol. The van der Waals surface area contributed by atoms with Gasteiger partial charge in [-0.15, -0.1) is 0 Å². The van der Waals surface area contributed by atoms with Gasteiger partial charge in [0.2, 0.25) is 11.8 Å². The number of pyridine rings is 1. The first kappa shape index (κ1) is 21.0. The molecule has 0 unspecified atom stereocenters. The summed E-state index contributed by atoms with van der Waals surface area (Å²) in [5.41, 5.74) is 1.94. The number of aromatic nitrogens is 3. The Morgan fingerprint density at radius 2 is 2.14 bits per heavy atom. The molecule has 8 nitrogen and oxygen atoms in total. The van der Waals surface area contributed by atoms with E-state index in [1.165, 1.54) is 0 Å². The molecule has 2 amide bonds. The van der Waals surface area contributed by atoms with Crippen molar-refractivity contribution in [1.82, 2.24) is 25.4 Å². The SMILES string of the molecule is CO[C@@H]1CC[C@H](C(=O)NCCc2cccc(C)n2)C[C@H]1NC(=O)Cn1cccn1. The first-order valence-corrected chi connectivity index (χ1v) is 10.0. The number of carbonyl (C=O) groups excluding carboxylic acids is 2. The molecule has 2 heterocycles. The van der Waals surface area contributed by atoms with Crippen molar-refractivity contribution in [2.24, 2.45) is 5.92 Å². The molecule has 0 saturated heterocycles. The van der Waals surface area contributed by atoms with Gasteiger partial charge in [0.05, 0.1) is 12.1 Å². The standard InChI is InChI=1S/C21H29N5O3/c1-15-5-3-6-17(24-15)9-11-22-21(28)16-7-8-19(29-2)18(13-16)25-20(27)14-26-12-4-10-23-26/h3-6,10,12,16,18-19H,7-9,11,13-14H2,1-2H3,(H,22,28)(H,25,27)/t16-,18+,19+/m0/s1. The van der Waals surface area contributed by atoms with Crippen LogP contribution in [0.5, 0.6) is 0 Å². The van der Waals surface area contributed by atoms with Crippen molar-refractivity contribution < 1.29 is 14.3 Å². The molecule has 2 aromatic rings. The maximum atomic E-state index is 12.6. The van der Waals surface area contributed by atoms with E-state index in [1.807, 2.05) is 25.1 Å². The van der Waals surface area contributed by atoms with Gasteiger partial charge < -0.3 is 15.4 Å². The first-order valence-electron chi connectivity index (χ1n) is 10.0. The van der Waals surface area contributed by atoms with Crippen molar-refractivity contribution >= 4 is 11.8 Å². The van der Waals surface area contributed by atoms with Crippen LogP contribution in [0.1, 0.15) is 30.7 Å². The minimum atomic E-state index is -0.189. The summed E-state index contributed by atoms with van der Waals surface area (Å²) in [5.74, 6) is -0.243. The Bertz CT molecular complexity index is 808. The van der Waals surface area contributed by atoms with E-state index in [-0.39, 0.29) is 36.4 Å². The molecule has 29 heavy (non-hydrogen) atoms. The number of hydrogen-bond acceptors (Lipinski definition) is 5. The number of nitrogens with zero attached hydrogens (tertiary/aromatic N) is 3. The van der Waals surface area contributed by atoms with E-state index in [0.717, 1.165) is 24.2 Å². The topological polar surface area (TPSA) is 98.1 Å². The van der Waals surface area contributed by atoms with Crippen molar-refractivity contribution in [3.8, 4) is 0 Å². The minimum Gasteiger partial charge on any atom is -0.379 e. The van der Waals surface area contributed by atoms with Crippen molar-refractivity contribution in [3.63, 3.8) is 0 Å². The van der Waals surface area contributed by atoms with E-state index in [2.05, 4.69) is 20.7 Å². The molecule has 0 aromatic carbocycles. The Kier molecular flexibility index (Phi) is 7.35. The highest BCUT2D eigenvalue weighted by atomic mass is 16.5. The molecule has 0 radical (unpaired) electrons. The molecule has 2 aromatic heterocycles. The third kappa shape index (κ3) is 6.12. The molecule has 3 atom stereocenters. The van der Waals surface area contributed by atoms with Crippen LogP contribution in [0, 0.1) is 12.8 Å². The summed E-state index contributed by atoms with van der Waals surface area (Å²) in [6, 6.07) is 7.48. The molecule has 0 bridgehead atoms. The fraction of sp³-hybridized carbons (Fsp3) is 0.524. The van der Waals surface area contributed by atoms with Crippen molar-refractivity contribution in [2.45, 2.75) is 51.3 Å². The molecule has 3 rings (SSSR count). The van der Waals surface area contributed by atoms with Crippen LogP contribution in [0.2, 0.25) is 0 Å². The Hall–Kier alpha value is -2.74. The second kappa shape index (κ2) is 10.2. The minimum absolute atomic E-state index is 0.0264. The molecule has 1 saturated carbocycles. The molecule has 2 N–H and O–H groups in total. The van der Waals surface area contributed by atoms with Gasteiger partial charge >= 0.3 is 0 Å². The van der Waals surface area contributed by atoms with E-state index in [4.69, 9.17) is 4.74 Å². The highest BCUT2D eigenvalue weighted by molar-refractivity contribution is 5.79. The maximum Gasteiger partial charge on any atom is 0.242 e. The molecule has 156 valence electrons. The third-order valence-corrected chi connectivity index (χ3v) is 5.30. The van der Waals surface area contributed by atoms with Gasteiger partial charge in [0.15, 0.2) is 0 Å². The number of carbonyl (C=O) groups is 2. The Balaban J connectivity index is 1.49. The highest BCUT2D eigenvalue weighted by Crippen LogP contribution is 2.26. The van der Waals surface area contributed by atoms with Crippen molar-refractivity contribution in [3.05, 3.63) is 48.0 Å². The summed E-state index contributed by atoms with van der Waals surface area (Å²) >= 11 is 0. The third-order valence-electron chi connectivity index (χ3n) is 5.30. The average molecular weight is 399 g/mol. The Morgan fingerprint density at radius 3 is 2.86 bits per heavy atom. The summed E-state index contributed by atoms with van der Waals surface area (Å²) in [5, 5.41) is 10.1. The van der Waals surface area contributed by atoms with Crippen LogP contribution in [-0.4, -0.2) is 52.4 Å². The zero-order valence-corrected chi connectivity index (χ0v) is 17.0. The van der Waals surface area contributed by atoms with E-state index in [0.29, 0.717) is 19.4 Å². The molecule has 1 fully saturated rings.